The number of benzene rings is 1. The number of hydrogen-bond acceptors (Lipinski definition) is 5. The van der Waals surface area contributed by atoms with E-state index in [1.807, 2.05) is 23.5 Å². The maximum atomic E-state index is 5.97. The van der Waals surface area contributed by atoms with E-state index in [4.69, 9.17) is 11.6 Å². The number of nitrogens with zero attached hydrogens (tertiary/aromatic N) is 3. The number of aromatic nitrogens is 1. The van der Waals surface area contributed by atoms with Crippen LogP contribution in [-0.2, 0) is 6.42 Å². The van der Waals surface area contributed by atoms with Crippen molar-refractivity contribution in [1.82, 2.24) is 9.88 Å². The summed E-state index contributed by atoms with van der Waals surface area (Å²) in [6, 6.07) is 8.17. The molecule has 0 atom stereocenters. The van der Waals surface area contributed by atoms with Gasteiger partial charge in [0.25, 0.3) is 0 Å². The van der Waals surface area contributed by atoms with Crippen LogP contribution in [0, 0.1) is 6.92 Å². The molecule has 1 aromatic heterocycles. The van der Waals surface area contributed by atoms with Crippen LogP contribution in [0.5, 0.6) is 0 Å². The molecular formula is C17H29Cl4N3O2S2. The minimum Gasteiger partial charge on any atom is -0.412 e. The summed E-state index contributed by atoms with van der Waals surface area (Å²) >= 11 is 9.56. The zero-order valence-corrected chi connectivity index (χ0v) is 20.7. The van der Waals surface area contributed by atoms with E-state index in [1.54, 1.807) is 11.8 Å². The summed E-state index contributed by atoms with van der Waals surface area (Å²) in [6.45, 7) is 7.67. The van der Waals surface area contributed by atoms with Gasteiger partial charge in [-0.15, -0.1) is 48.6 Å². The van der Waals surface area contributed by atoms with Crippen molar-refractivity contribution >= 4 is 77.6 Å². The second-order valence-electron chi connectivity index (χ2n) is 5.75. The molecule has 3 rings (SSSR count). The summed E-state index contributed by atoms with van der Waals surface area (Å²) in [5, 5.41) is 0.803. The second kappa shape index (κ2) is 15.8. The van der Waals surface area contributed by atoms with Gasteiger partial charge < -0.3 is 15.9 Å². The van der Waals surface area contributed by atoms with Crippen molar-refractivity contribution in [1.29, 1.82) is 0 Å². The van der Waals surface area contributed by atoms with Gasteiger partial charge in [0, 0.05) is 48.3 Å². The number of hydrogen-bond donors (Lipinski definition) is 0. The summed E-state index contributed by atoms with van der Waals surface area (Å²) in [4.78, 5) is 11.0. The molecule has 11 heteroatoms. The number of thioether (sulfide) groups is 1. The van der Waals surface area contributed by atoms with Gasteiger partial charge in [0.2, 0.25) is 0 Å². The summed E-state index contributed by atoms with van der Waals surface area (Å²) < 4.78 is 1.19. The van der Waals surface area contributed by atoms with Gasteiger partial charge in [-0.05, 0) is 43.9 Å². The molecule has 2 aromatic rings. The van der Waals surface area contributed by atoms with E-state index in [-0.39, 0.29) is 48.2 Å². The molecule has 164 valence electrons. The third-order valence-electron chi connectivity index (χ3n) is 4.27. The predicted molar refractivity (Wildman–Crippen MR) is 131 cm³/mol. The average molecular weight is 513 g/mol. The van der Waals surface area contributed by atoms with Gasteiger partial charge in [0.1, 0.15) is 4.34 Å². The lowest BCUT2D eigenvalue weighted by atomic mass is 10.2. The number of halogens is 4. The Morgan fingerprint density at radius 1 is 1.04 bits per heavy atom. The molecule has 0 amide bonds. The first kappa shape index (κ1) is 32.7. The van der Waals surface area contributed by atoms with Crippen molar-refractivity contribution < 1.29 is 11.0 Å². The minimum atomic E-state index is 0. The van der Waals surface area contributed by atoms with Crippen LogP contribution in [0.4, 0.5) is 5.69 Å². The van der Waals surface area contributed by atoms with Gasteiger partial charge in [-0.2, -0.15) is 0 Å². The van der Waals surface area contributed by atoms with Gasteiger partial charge in [-0.25, -0.2) is 4.98 Å². The number of aryl methyl sites for hydroxylation is 1. The van der Waals surface area contributed by atoms with E-state index in [1.165, 1.54) is 20.6 Å². The van der Waals surface area contributed by atoms with Crippen molar-refractivity contribution in [3.63, 3.8) is 0 Å². The van der Waals surface area contributed by atoms with Gasteiger partial charge in [0.15, 0.2) is 0 Å². The van der Waals surface area contributed by atoms with E-state index in [0.29, 0.717) is 0 Å². The topological polar surface area (TPSA) is 82.4 Å². The molecule has 28 heavy (non-hydrogen) atoms. The third-order valence-corrected chi connectivity index (χ3v) is 6.72. The summed E-state index contributed by atoms with van der Waals surface area (Å²) in [7, 11) is 0. The van der Waals surface area contributed by atoms with Crippen LogP contribution in [0.25, 0.3) is 0 Å². The fourth-order valence-corrected chi connectivity index (χ4v) is 4.63. The van der Waals surface area contributed by atoms with Gasteiger partial charge >= 0.3 is 0 Å². The Labute approximate surface area is 199 Å². The fraction of sp³-hybridized carbons (Fsp3) is 0.471. The van der Waals surface area contributed by atoms with E-state index in [9.17, 15) is 0 Å². The Kier molecular flexibility index (Phi) is 18.5. The molecule has 0 bridgehead atoms. The summed E-state index contributed by atoms with van der Waals surface area (Å²) in [5.41, 5.74) is 2.48. The minimum absolute atomic E-state index is 0. The van der Waals surface area contributed by atoms with Crippen LogP contribution >= 0.6 is 71.9 Å². The molecule has 2 heterocycles. The lowest BCUT2D eigenvalue weighted by Crippen LogP contribution is -2.46. The monoisotopic (exact) mass is 511 g/mol. The van der Waals surface area contributed by atoms with E-state index < -0.39 is 0 Å². The maximum Gasteiger partial charge on any atom is 0.150 e. The molecule has 0 radical (unpaired) electrons. The Hall–Kier alpha value is 0.0400. The molecule has 1 aliphatic rings. The van der Waals surface area contributed by atoms with Gasteiger partial charge in [0.05, 0.1) is 5.69 Å². The summed E-state index contributed by atoms with van der Waals surface area (Å²) in [5.74, 6) is 0. The van der Waals surface area contributed by atoms with E-state index in [0.717, 1.165) is 44.2 Å². The standard InChI is InChI=1S/C17H22ClN3S2.3ClH.2H2O/c1-13-16(23-17(19-13)22-2)7-8-20-9-11-21(12-10-20)15-5-3-14(18)4-6-15;;;;;/h3-6H,7-12H2,1-2H3;3*1H;2*1H2. The first-order chi connectivity index (χ1) is 11.2. The molecule has 0 aliphatic carbocycles. The molecule has 5 nitrogen and oxygen atoms in total. The van der Waals surface area contributed by atoms with Crippen LogP contribution in [0.1, 0.15) is 10.6 Å². The van der Waals surface area contributed by atoms with Crippen molar-refractivity contribution in [3.05, 3.63) is 39.9 Å². The lowest BCUT2D eigenvalue weighted by Gasteiger charge is -2.36. The van der Waals surface area contributed by atoms with Crippen molar-refractivity contribution in [2.75, 3.05) is 43.9 Å². The highest BCUT2D eigenvalue weighted by Crippen LogP contribution is 2.26. The fourth-order valence-electron chi connectivity index (χ4n) is 2.86. The Morgan fingerprint density at radius 3 is 2.11 bits per heavy atom. The number of thiazole rings is 1. The van der Waals surface area contributed by atoms with Crippen LogP contribution in [0.2, 0.25) is 5.02 Å². The molecule has 0 unspecified atom stereocenters. The third kappa shape index (κ3) is 8.81. The number of piperazine rings is 1. The maximum absolute atomic E-state index is 5.97. The predicted octanol–water partition coefficient (Wildman–Crippen LogP) is 3.81. The molecule has 4 N–H and O–H groups in total. The smallest absolute Gasteiger partial charge is 0.150 e. The van der Waals surface area contributed by atoms with Crippen molar-refractivity contribution in [3.8, 4) is 0 Å². The van der Waals surface area contributed by atoms with Gasteiger partial charge in [-0.1, -0.05) is 23.4 Å². The lowest BCUT2D eigenvalue weighted by molar-refractivity contribution is 0.261. The Morgan fingerprint density at radius 2 is 1.61 bits per heavy atom. The molecule has 1 saturated heterocycles. The van der Waals surface area contributed by atoms with Crippen LogP contribution in [0.3, 0.4) is 0 Å². The zero-order valence-electron chi connectivity index (χ0n) is 15.8. The van der Waals surface area contributed by atoms with Crippen molar-refractivity contribution in [2.24, 2.45) is 0 Å². The first-order valence-electron chi connectivity index (χ1n) is 7.89. The number of rotatable bonds is 5. The van der Waals surface area contributed by atoms with Crippen LogP contribution < -0.4 is 4.90 Å². The molecule has 0 saturated carbocycles. The molecule has 0 spiro atoms. The normalized spacial score (nSPS) is 13.2. The van der Waals surface area contributed by atoms with Crippen LogP contribution in [0.15, 0.2) is 28.6 Å². The largest absolute Gasteiger partial charge is 0.412 e. The zero-order chi connectivity index (χ0) is 16.2. The van der Waals surface area contributed by atoms with Crippen LogP contribution in [-0.4, -0.2) is 59.8 Å². The van der Waals surface area contributed by atoms with Crippen molar-refractivity contribution in [2.45, 2.75) is 17.7 Å². The average Bonchev–Trinajstić information content (AvgIpc) is 2.94. The molecular weight excluding hydrogens is 484 g/mol. The Balaban J connectivity index is -0.00000125. The SMILES string of the molecule is CSc1nc(C)c(CCN2CCN(c3ccc(Cl)cc3)CC2)s1.Cl.Cl.Cl.O.O. The quantitative estimate of drug-likeness (QED) is 0.570. The second-order valence-corrected chi connectivity index (χ2v) is 8.32. The summed E-state index contributed by atoms with van der Waals surface area (Å²) in [6.07, 6.45) is 3.21. The van der Waals surface area contributed by atoms with Gasteiger partial charge in [-0.3, -0.25) is 4.90 Å². The highest BCUT2D eigenvalue weighted by molar-refractivity contribution is 8.00. The van der Waals surface area contributed by atoms with E-state index >= 15 is 0 Å². The number of anilines is 1. The first-order valence-corrected chi connectivity index (χ1v) is 10.3. The highest BCUT2D eigenvalue weighted by Gasteiger charge is 2.17. The molecule has 1 fully saturated rings. The van der Waals surface area contributed by atoms with E-state index in [2.05, 4.69) is 40.1 Å². The molecule has 1 aromatic carbocycles. The Bertz CT molecular complexity index is 654. The molecule has 1 aliphatic heterocycles. The highest BCUT2D eigenvalue weighted by atomic mass is 35.5.